The monoisotopic (exact) mass is 448 g/mol. The molecule has 0 aromatic heterocycles. The number of rotatable bonds is 6. The number of fused-ring (bicyclic) bond motifs is 1. The fourth-order valence-corrected chi connectivity index (χ4v) is 4.15. The van der Waals surface area contributed by atoms with Gasteiger partial charge in [-0.05, 0) is 48.0 Å². The van der Waals surface area contributed by atoms with Crippen LogP contribution in [-0.4, -0.2) is 34.1 Å². The van der Waals surface area contributed by atoms with Gasteiger partial charge in [0.05, 0.1) is 12.7 Å². The normalized spacial score (nSPS) is 17.9. The second-order valence-electron chi connectivity index (χ2n) is 7.69. The van der Waals surface area contributed by atoms with Gasteiger partial charge in [0.15, 0.2) is 17.3 Å². The van der Waals surface area contributed by atoms with E-state index in [4.69, 9.17) is 14.9 Å². The van der Waals surface area contributed by atoms with Crippen molar-refractivity contribution >= 4 is 39.8 Å². The molecule has 0 radical (unpaired) electrons. The molecule has 0 fully saturated rings. The van der Waals surface area contributed by atoms with Gasteiger partial charge in [-0.25, -0.2) is 0 Å². The van der Waals surface area contributed by atoms with Gasteiger partial charge in [-0.15, -0.1) is 0 Å². The van der Waals surface area contributed by atoms with E-state index in [1.807, 2.05) is 57.2 Å². The van der Waals surface area contributed by atoms with E-state index in [1.165, 1.54) is 16.8 Å². The summed E-state index contributed by atoms with van der Waals surface area (Å²) in [6.07, 6.45) is 1.47. The van der Waals surface area contributed by atoms with Gasteiger partial charge in [0.25, 0.3) is 5.91 Å². The molecule has 2 aromatic carbocycles. The molecule has 1 N–H and O–H groups in total. The molecule has 1 amide bonds. The zero-order chi connectivity index (χ0) is 22.8. The quantitative estimate of drug-likeness (QED) is 0.621. The molecule has 2 heterocycles. The van der Waals surface area contributed by atoms with Gasteiger partial charge >= 0.3 is 0 Å². The Morgan fingerprint density at radius 2 is 1.84 bits per heavy atom. The van der Waals surface area contributed by atoms with Crippen molar-refractivity contribution in [1.82, 2.24) is 5.01 Å². The predicted octanol–water partition coefficient (Wildman–Crippen LogP) is 5.11. The maximum atomic E-state index is 12.6. The summed E-state index contributed by atoms with van der Waals surface area (Å²) in [7, 11) is 1.57. The third kappa shape index (κ3) is 4.31. The molecule has 2 aliphatic rings. The van der Waals surface area contributed by atoms with Gasteiger partial charge in [0.2, 0.25) is 5.17 Å². The van der Waals surface area contributed by atoms with Crippen molar-refractivity contribution < 1.29 is 14.3 Å². The molecule has 0 bridgehead atoms. The first-order valence-electron chi connectivity index (χ1n) is 10.3. The predicted molar refractivity (Wildman–Crippen MR) is 128 cm³/mol. The average molecular weight is 449 g/mol. The Hall–Kier alpha value is -3.39. The van der Waals surface area contributed by atoms with Crippen LogP contribution in [0.1, 0.15) is 38.0 Å². The van der Waals surface area contributed by atoms with Crippen molar-refractivity contribution in [3.63, 3.8) is 0 Å². The summed E-state index contributed by atoms with van der Waals surface area (Å²) in [6, 6.07) is 15.3. The van der Waals surface area contributed by atoms with Crippen molar-refractivity contribution in [3.8, 4) is 11.5 Å². The van der Waals surface area contributed by atoms with Crippen LogP contribution in [0, 0.1) is 11.3 Å². The molecule has 0 spiro atoms. The van der Waals surface area contributed by atoms with E-state index in [0.717, 1.165) is 10.6 Å². The van der Waals surface area contributed by atoms with E-state index in [9.17, 15) is 4.79 Å². The molecule has 0 aliphatic carbocycles. The van der Waals surface area contributed by atoms with Crippen LogP contribution in [0.5, 0.6) is 11.5 Å². The molecular formula is C24H24N4O3S. The van der Waals surface area contributed by atoms with Crippen molar-refractivity contribution in [3.05, 3.63) is 65.2 Å². The van der Waals surface area contributed by atoms with Gasteiger partial charge in [0.1, 0.15) is 11.1 Å². The third-order valence-corrected chi connectivity index (χ3v) is 6.24. The van der Waals surface area contributed by atoms with Crippen LogP contribution in [0.25, 0.3) is 6.08 Å². The second-order valence-corrected chi connectivity index (χ2v) is 8.68. The van der Waals surface area contributed by atoms with Crippen LogP contribution in [0.2, 0.25) is 0 Å². The van der Waals surface area contributed by atoms with Crippen LogP contribution in [0.15, 0.2) is 64.2 Å². The number of aliphatic imine (C=N–C) groups is 1. The Bertz CT molecular complexity index is 1160. The average Bonchev–Trinajstić information content (AvgIpc) is 3.22. The number of benzene rings is 2. The summed E-state index contributed by atoms with van der Waals surface area (Å²) < 4.78 is 11.6. The minimum absolute atomic E-state index is 0.0140. The van der Waals surface area contributed by atoms with Crippen molar-refractivity contribution in [1.29, 1.82) is 5.41 Å². The van der Waals surface area contributed by atoms with Gasteiger partial charge in [0, 0.05) is 5.92 Å². The highest BCUT2D eigenvalue weighted by atomic mass is 32.2. The molecule has 164 valence electrons. The number of carbonyl (C=O) groups excluding carboxylic acids is 1. The Labute approximate surface area is 191 Å². The second kappa shape index (κ2) is 9.00. The molecule has 2 aromatic rings. The van der Waals surface area contributed by atoms with Gasteiger partial charge < -0.3 is 9.47 Å². The number of nitrogens with zero attached hydrogens (tertiary/aromatic N) is 3. The summed E-state index contributed by atoms with van der Waals surface area (Å²) in [5.41, 5.74) is 1.94. The summed E-state index contributed by atoms with van der Waals surface area (Å²) >= 11 is 1.33. The lowest BCUT2D eigenvalue weighted by molar-refractivity contribution is -0.114. The maximum absolute atomic E-state index is 12.6. The SMILES string of the molecule is COc1cc(/C=C2\C(=N)N3N=C(C(C)C)SC3=NC2=O)ccc1O[C@H](C)c1ccccc1. The van der Waals surface area contributed by atoms with Crippen LogP contribution >= 0.6 is 11.8 Å². The topological polar surface area (TPSA) is 87.3 Å². The third-order valence-electron chi connectivity index (χ3n) is 5.04. The maximum Gasteiger partial charge on any atom is 0.283 e. The Kier molecular flexibility index (Phi) is 6.14. The number of nitrogens with one attached hydrogen (secondary N) is 1. The van der Waals surface area contributed by atoms with Crippen molar-refractivity contribution in [2.45, 2.75) is 26.9 Å². The lowest BCUT2D eigenvalue weighted by atomic mass is 10.1. The summed E-state index contributed by atoms with van der Waals surface area (Å²) in [6.45, 7) is 6.01. The zero-order valence-electron chi connectivity index (χ0n) is 18.3. The van der Waals surface area contributed by atoms with E-state index >= 15 is 0 Å². The number of hydrazone groups is 1. The van der Waals surface area contributed by atoms with E-state index < -0.39 is 5.91 Å². The van der Waals surface area contributed by atoms with Crippen LogP contribution in [0.3, 0.4) is 0 Å². The molecule has 0 saturated heterocycles. The van der Waals surface area contributed by atoms with Gasteiger partial charge in [-0.2, -0.15) is 15.1 Å². The van der Waals surface area contributed by atoms with E-state index in [0.29, 0.717) is 22.2 Å². The highest BCUT2D eigenvalue weighted by molar-refractivity contribution is 8.27. The summed E-state index contributed by atoms with van der Waals surface area (Å²) in [4.78, 5) is 16.7. The molecule has 0 unspecified atom stereocenters. The van der Waals surface area contributed by atoms with Crippen LogP contribution in [0.4, 0.5) is 0 Å². The van der Waals surface area contributed by atoms with Crippen molar-refractivity contribution in [2.75, 3.05) is 7.11 Å². The lowest BCUT2D eigenvalue weighted by Gasteiger charge is -2.20. The number of carbonyl (C=O) groups is 1. The number of hydrogen-bond donors (Lipinski definition) is 1. The number of methoxy groups -OCH3 is 1. The fourth-order valence-electron chi connectivity index (χ4n) is 3.26. The smallest absolute Gasteiger partial charge is 0.283 e. The minimum Gasteiger partial charge on any atom is -0.493 e. The van der Waals surface area contributed by atoms with E-state index in [-0.39, 0.29) is 23.4 Å². The van der Waals surface area contributed by atoms with Crippen molar-refractivity contribution in [2.24, 2.45) is 16.0 Å². The number of amides is 1. The Balaban J connectivity index is 1.59. The number of hydrogen-bond acceptors (Lipinski definition) is 6. The molecule has 7 nitrogen and oxygen atoms in total. The van der Waals surface area contributed by atoms with Gasteiger partial charge in [-0.1, -0.05) is 50.2 Å². The molecule has 32 heavy (non-hydrogen) atoms. The molecule has 0 saturated carbocycles. The van der Waals surface area contributed by atoms with E-state index in [2.05, 4.69) is 10.1 Å². The fraction of sp³-hybridized carbons (Fsp3) is 0.250. The number of amidine groups is 2. The largest absolute Gasteiger partial charge is 0.493 e. The Morgan fingerprint density at radius 1 is 1.09 bits per heavy atom. The van der Waals surface area contributed by atoms with Gasteiger partial charge in [-0.3, -0.25) is 10.2 Å². The first kappa shape index (κ1) is 21.8. The lowest BCUT2D eigenvalue weighted by Crippen LogP contribution is -2.35. The van der Waals surface area contributed by atoms with E-state index in [1.54, 1.807) is 25.3 Å². The minimum atomic E-state index is -0.453. The summed E-state index contributed by atoms with van der Waals surface area (Å²) in [5.74, 6) is 0.890. The van der Waals surface area contributed by atoms with Crippen LogP contribution in [-0.2, 0) is 4.79 Å². The van der Waals surface area contributed by atoms with Crippen LogP contribution < -0.4 is 9.47 Å². The molecule has 8 heteroatoms. The first-order chi connectivity index (χ1) is 15.4. The highest BCUT2D eigenvalue weighted by Crippen LogP contribution is 2.34. The number of thioether (sulfide) groups is 1. The molecule has 4 rings (SSSR count). The molecule has 1 atom stereocenters. The summed E-state index contributed by atoms with van der Waals surface area (Å²) in [5, 5.41) is 15.6. The number of ether oxygens (including phenoxy) is 2. The molecular weight excluding hydrogens is 424 g/mol. The highest BCUT2D eigenvalue weighted by Gasteiger charge is 2.36. The first-order valence-corrected chi connectivity index (χ1v) is 11.1. The Morgan fingerprint density at radius 3 is 2.53 bits per heavy atom. The standard InChI is InChI=1S/C24H24N4O3S/c1-14(2)23-27-28-21(25)18(22(29)26-24(28)32-23)12-16-10-11-19(20(13-16)30-4)31-15(3)17-8-6-5-7-9-17/h5-15,25H,1-4H3/b18-12+,25-21?/t15-/m1/s1. The zero-order valence-corrected chi connectivity index (χ0v) is 19.1. The molecule has 2 aliphatic heterocycles.